The minimum absolute atomic E-state index is 0.439. The zero-order valence-electron chi connectivity index (χ0n) is 15.4. The van der Waals surface area contributed by atoms with E-state index in [4.69, 9.17) is 9.47 Å². The molecule has 1 unspecified atom stereocenters. The van der Waals surface area contributed by atoms with Crippen molar-refractivity contribution in [3.05, 3.63) is 58.2 Å². The van der Waals surface area contributed by atoms with Crippen molar-refractivity contribution in [2.75, 3.05) is 13.2 Å². The summed E-state index contributed by atoms with van der Waals surface area (Å²) >= 11 is 0. The molecule has 7 heteroatoms. The van der Waals surface area contributed by atoms with Crippen LogP contribution in [0.2, 0.25) is 0 Å². The highest BCUT2D eigenvalue weighted by Gasteiger charge is 2.49. The van der Waals surface area contributed by atoms with Gasteiger partial charge in [-0.25, -0.2) is 0 Å². The molecule has 1 fully saturated rings. The summed E-state index contributed by atoms with van der Waals surface area (Å²) in [5, 5.41) is 0. The van der Waals surface area contributed by atoms with Gasteiger partial charge in [-0.05, 0) is 42.9 Å². The molecule has 4 nitrogen and oxygen atoms in total. The summed E-state index contributed by atoms with van der Waals surface area (Å²) in [4.78, 5) is 8.33. The molecule has 1 saturated heterocycles. The predicted molar refractivity (Wildman–Crippen MR) is 94.8 cm³/mol. The van der Waals surface area contributed by atoms with Crippen LogP contribution >= 0.6 is 0 Å². The number of aromatic nitrogens is 2. The zero-order chi connectivity index (χ0) is 19.4. The molecule has 4 heterocycles. The maximum atomic E-state index is 12.9. The van der Waals surface area contributed by atoms with E-state index in [0.717, 1.165) is 55.8 Å². The Bertz CT molecular complexity index is 890. The lowest BCUT2D eigenvalue weighted by Gasteiger charge is -2.36. The Morgan fingerprint density at radius 2 is 1.79 bits per heavy atom. The second-order valence-electron chi connectivity index (χ2n) is 7.80. The van der Waals surface area contributed by atoms with E-state index in [0.29, 0.717) is 18.8 Å². The summed E-state index contributed by atoms with van der Waals surface area (Å²) in [5.41, 5.74) is 3.92. The molecule has 0 N–H and O–H groups in total. The van der Waals surface area contributed by atoms with Crippen LogP contribution in [0.3, 0.4) is 0 Å². The Hall–Kier alpha value is -1.99. The number of halogens is 3. The van der Waals surface area contributed by atoms with Crippen LogP contribution in [0.15, 0.2) is 24.5 Å². The molecule has 28 heavy (non-hydrogen) atoms. The van der Waals surface area contributed by atoms with Crippen molar-refractivity contribution >= 4 is 0 Å². The molecule has 1 atom stereocenters. The molecule has 0 bridgehead atoms. The summed E-state index contributed by atoms with van der Waals surface area (Å²) in [6.45, 7) is 1.24. The van der Waals surface area contributed by atoms with Gasteiger partial charge in [-0.1, -0.05) is 6.07 Å². The lowest BCUT2D eigenvalue weighted by atomic mass is 9.79. The zero-order valence-corrected chi connectivity index (χ0v) is 15.4. The van der Waals surface area contributed by atoms with Crippen molar-refractivity contribution in [1.29, 1.82) is 0 Å². The third-order valence-electron chi connectivity index (χ3n) is 6.15. The number of rotatable bonds is 1. The molecule has 3 aliphatic rings. The van der Waals surface area contributed by atoms with E-state index >= 15 is 0 Å². The summed E-state index contributed by atoms with van der Waals surface area (Å²) in [6.07, 6.45) is 3.99. The van der Waals surface area contributed by atoms with E-state index in [9.17, 15) is 13.2 Å². The van der Waals surface area contributed by atoms with Gasteiger partial charge < -0.3 is 9.47 Å². The fraction of sp³-hybridized carbons (Fsp3) is 0.524. The van der Waals surface area contributed by atoms with Crippen LogP contribution in [0.25, 0.3) is 0 Å². The third-order valence-corrected chi connectivity index (χ3v) is 6.15. The summed E-state index contributed by atoms with van der Waals surface area (Å²) in [5.74, 6) is 0. The van der Waals surface area contributed by atoms with Crippen LogP contribution in [0, 0.1) is 0 Å². The number of nitrogens with zero attached hydrogens (tertiary/aromatic N) is 2. The van der Waals surface area contributed by atoms with E-state index in [1.807, 2.05) is 6.20 Å². The highest BCUT2D eigenvalue weighted by atomic mass is 19.4. The van der Waals surface area contributed by atoms with Crippen molar-refractivity contribution < 1.29 is 22.6 Å². The highest BCUT2D eigenvalue weighted by Crippen LogP contribution is 2.53. The summed E-state index contributed by atoms with van der Waals surface area (Å²) in [6, 6.07) is 2.50. The van der Waals surface area contributed by atoms with Crippen LogP contribution in [0.4, 0.5) is 13.2 Å². The van der Waals surface area contributed by atoms with Gasteiger partial charge in [-0.15, -0.1) is 0 Å². The minimum atomic E-state index is -4.45. The fourth-order valence-corrected chi connectivity index (χ4v) is 4.82. The van der Waals surface area contributed by atoms with E-state index in [-0.39, 0.29) is 0 Å². The Morgan fingerprint density at radius 1 is 1.00 bits per heavy atom. The molecule has 0 radical (unpaired) electrons. The first-order valence-electron chi connectivity index (χ1n) is 9.78. The molecular formula is C21H21F3N2O2. The van der Waals surface area contributed by atoms with Gasteiger partial charge in [0.1, 0.15) is 11.8 Å². The van der Waals surface area contributed by atoms with Gasteiger partial charge in [0.2, 0.25) is 0 Å². The average Bonchev–Trinajstić information content (AvgIpc) is 3.02. The van der Waals surface area contributed by atoms with Gasteiger partial charge in [0.15, 0.2) is 0 Å². The second-order valence-corrected chi connectivity index (χ2v) is 7.80. The van der Waals surface area contributed by atoms with Crippen LogP contribution in [-0.4, -0.2) is 23.2 Å². The number of hydrogen-bond acceptors (Lipinski definition) is 4. The van der Waals surface area contributed by atoms with Gasteiger partial charge in [-0.2, -0.15) is 13.2 Å². The molecule has 1 spiro atoms. The van der Waals surface area contributed by atoms with Crippen LogP contribution in [-0.2, 0) is 34.1 Å². The Kier molecular flexibility index (Phi) is 4.21. The second kappa shape index (κ2) is 6.52. The van der Waals surface area contributed by atoms with Gasteiger partial charge >= 0.3 is 6.18 Å². The maximum Gasteiger partial charge on any atom is 0.433 e. The molecule has 0 aromatic carbocycles. The first-order chi connectivity index (χ1) is 13.5. The summed E-state index contributed by atoms with van der Waals surface area (Å²) < 4.78 is 50.9. The molecule has 5 rings (SSSR count). The molecule has 0 amide bonds. The molecule has 0 saturated carbocycles. The quantitative estimate of drug-likeness (QED) is 0.719. The van der Waals surface area contributed by atoms with Gasteiger partial charge in [0, 0.05) is 55.3 Å². The SMILES string of the molecule is FC(F)(F)c1ccc(C2OC3(CCOCC3)c3c2cnc2c3CCCC2)cn1. The van der Waals surface area contributed by atoms with Crippen LogP contribution in [0.5, 0.6) is 0 Å². The number of alkyl halides is 3. The van der Waals surface area contributed by atoms with Crippen molar-refractivity contribution in [2.24, 2.45) is 0 Å². The third kappa shape index (κ3) is 2.83. The molecule has 2 aromatic rings. The van der Waals surface area contributed by atoms with E-state index in [2.05, 4.69) is 9.97 Å². The Balaban J connectivity index is 1.61. The van der Waals surface area contributed by atoms with Crippen molar-refractivity contribution in [2.45, 2.75) is 56.4 Å². The van der Waals surface area contributed by atoms with Crippen molar-refractivity contribution in [3.63, 3.8) is 0 Å². The number of aryl methyl sites for hydroxylation is 1. The molecule has 148 valence electrons. The Labute approximate surface area is 161 Å². The monoisotopic (exact) mass is 390 g/mol. The largest absolute Gasteiger partial charge is 0.433 e. The smallest absolute Gasteiger partial charge is 0.381 e. The fourth-order valence-electron chi connectivity index (χ4n) is 4.82. The first kappa shape index (κ1) is 18.1. The number of fused-ring (bicyclic) bond motifs is 4. The van der Waals surface area contributed by atoms with Crippen molar-refractivity contribution in [1.82, 2.24) is 9.97 Å². The van der Waals surface area contributed by atoms with E-state index < -0.39 is 23.6 Å². The average molecular weight is 390 g/mol. The standard InChI is InChI=1S/C21H21F3N2O2/c22-21(23,24)17-6-5-13(11-26-17)19-15-12-25-16-4-2-1-3-14(16)18(15)20(28-19)7-9-27-10-8-20/h5-6,11-12,19H,1-4,7-10H2. The van der Waals surface area contributed by atoms with Crippen LogP contribution < -0.4 is 0 Å². The number of hydrogen-bond donors (Lipinski definition) is 0. The van der Waals surface area contributed by atoms with Gasteiger partial charge in [-0.3, -0.25) is 9.97 Å². The van der Waals surface area contributed by atoms with Crippen molar-refractivity contribution in [3.8, 4) is 0 Å². The number of pyridine rings is 2. The molecule has 2 aromatic heterocycles. The minimum Gasteiger partial charge on any atom is -0.381 e. The lowest BCUT2D eigenvalue weighted by Crippen LogP contribution is -2.35. The Morgan fingerprint density at radius 3 is 2.50 bits per heavy atom. The highest BCUT2D eigenvalue weighted by molar-refractivity contribution is 5.49. The molecule has 2 aliphatic heterocycles. The topological polar surface area (TPSA) is 44.2 Å². The van der Waals surface area contributed by atoms with Gasteiger partial charge in [0.05, 0.1) is 5.60 Å². The maximum absolute atomic E-state index is 12.9. The van der Waals surface area contributed by atoms with Crippen LogP contribution in [0.1, 0.15) is 65.4 Å². The van der Waals surface area contributed by atoms with E-state index in [1.54, 1.807) is 0 Å². The lowest BCUT2D eigenvalue weighted by molar-refractivity contribution is -0.141. The summed E-state index contributed by atoms with van der Waals surface area (Å²) in [7, 11) is 0. The normalized spacial score (nSPS) is 23.5. The number of ether oxygens (including phenoxy) is 2. The van der Waals surface area contributed by atoms with Gasteiger partial charge in [0.25, 0.3) is 0 Å². The molecule has 1 aliphatic carbocycles. The molecular weight excluding hydrogens is 369 g/mol. The van der Waals surface area contributed by atoms with E-state index in [1.165, 1.54) is 23.4 Å². The predicted octanol–water partition coefficient (Wildman–Crippen LogP) is 4.50. The first-order valence-corrected chi connectivity index (χ1v) is 9.78.